The molecule has 33 heavy (non-hydrogen) atoms. The van der Waals surface area contributed by atoms with E-state index in [9.17, 15) is 0 Å². The lowest BCUT2D eigenvalue weighted by Gasteiger charge is -2.10. The topological polar surface area (TPSA) is 18.5 Å². The standard InChI is InChI=1S/C28H38Br2O2S/c1-3-5-7-9-11-13-18-31-22-17-15-16-21-25-24(33-28(21)22)20-23(26(29)27(25)30)32-19-14-12-10-8-6-4-2/h15-17,20H,3-14,18-19H2,1-2H3. The van der Waals surface area contributed by atoms with Crippen LogP contribution >= 0.6 is 43.2 Å². The number of fused-ring (bicyclic) bond motifs is 3. The molecule has 0 N–H and O–H groups in total. The molecule has 0 unspecified atom stereocenters. The molecule has 0 radical (unpaired) electrons. The largest absolute Gasteiger partial charge is 0.492 e. The Kier molecular flexibility index (Phi) is 11.8. The highest BCUT2D eigenvalue weighted by Crippen LogP contribution is 2.47. The van der Waals surface area contributed by atoms with Crippen molar-refractivity contribution in [1.29, 1.82) is 0 Å². The van der Waals surface area contributed by atoms with Crippen LogP contribution in [0.25, 0.3) is 20.2 Å². The summed E-state index contributed by atoms with van der Waals surface area (Å²) in [6.07, 6.45) is 15.3. The minimum Gasteiger partial charge on any atom is -0.492 e. The molecule has 0 saturated heterocycles. The molecule has 5 heteroatoms. The molecule has 1 aromatic heterocycles. The third kappa shape index (κ3) is 7.60. The van der Waals surface area contributed by atoms with Gasteiger partial charge in [0.15, 0.2) is 0 Å². The Balaban J connectivity index is 1.66. The first-order chi connectivity index (χ1) is 16.2. The van der Waals surface area contributed by atoms with Gasteiger partial charge in [0.2, 0.25) is 0 Å². The number of hydrogen-bond acceptors (Lipinski definition) is 3. The van der Waals surface area contributed by atoms with Crippen LogP contribution in [0.4, 0.5) is 0 Å². The van der Waals surface area contributed by atoms with Gasteiger partial charge in [-0.1, -0.05) is 90.2 Å². The SMILES string of the molecule is CCCCCCCCOc1cc2sc3c(OCCCCCCCC)cccc3c2c(Br)c1Br. The minimum atomic E-state index is 0.764. The van der Waals surface area contributed by atoms with Crippen LogP contribution in [0.3, 0.4) is 0 Å². The molecule has 0 saturated carbocycles. The Morgan fingerprint density at radius 2 is 1.27 bits per heavy atom. The predicted molar refractivity (Wildman–Crippen MR) is 152 cm³/mol. The fraction of sp³-hybridized carbons (Fsp3) is 0.571. The summed E-state index contributed by atoms with van der Waals surface area (Å²) in [7, 11) is 0. The van der Waals surface area contributed by atoms with E-state index in [-0.39, 0.29) is 0 Å². The predicted octanol–water partition coefficient (Wildman–Crippen LogP) is 11.1. The van der Waals surface area contributed by atoms with Gasteiger partial charge in [0, 0.05) is 19.9 Å². The van der Waals surface area contributed by atoms with Crippen molar-refractivity contribution in [2.45, 2.75) is 90.9 Å². The lowest BCUT2D eigenvalue weighted by atomic mass is 10.1. The second kappa shape index (κ2) is 14.6. The van der Waals surface area contributed by atoms with Crippen molar-refractivity contribution in [2.24, 2.45) is 0 Å². The number of hydrogen-bond donors (Lipinski definition) is 0. The number of halogens is 2. The highest BCUT2D eigenvalue weighted by Gasteiger charge is 2.17. The van der Waals surface area contributed by atoms with Crippen LogP contribution in [0.1, 0.15) is 90.9 Å². The van der Waals surface area contributed by atoms with E-state index in [2.05, 4.69) is 70.0 Å². The maximum atomic E-state index is 6.23. The Bertz CT molecular complexity index is 999. The maximum Gasteiger partial charge on any atom is 0.137 e. The zero-order chi connectivity index (χ0) is 23.5. The number of benzene rings is 2. The van der Waals surface area contributed by atoms with Crippen LogP contribution in [-0.4, -0.2) is 13.2 Å². The van der Waals surface area contributed by atoms with Crippen LogP contribution < -0.4 is 9.47 Å². The summed E-state index contributed by atoms with van der Waals surface area (Å²) in [5.41, 5.74) is 0. The summed E-state index contributed by atoms with van der Waals surface area (Å²) in [6.45, 7) is 6.07. The Morgan fingerprint density at radius 1 is 0.697 bits per heavy atom. The Morgan fingerprint density at radius 3 is 1.91 bits per heavy atom. The molecular formula is C28H38Br2O2S. The molecule has 0 aliphatic rings. The molecule has 0 atom stereocenters. The molecular weight excluding hydrogens is 560 g/mol. The van der Waals surface area contributed by atoms with Gasteiger partial charge < -0.3 is 9.47 Å². The molecule has 0 amide bonds. The quantitative estimate of drug-likeness (QED) is 0.153. The highest BCUT2D eigenvalue weighted by molar-refractivity contribution is 9.13. The second-order valence-corrected chi connectivity index (χ2v) is 11.5. The second-order valence-electron chi connectivity index (χ2n) is 8.84. The van der Waals surface area contributed by atoms with Gasteiger partial charge >= 0.3 is 0 Å². The van der Waals surface area contributed by atoms with Crippen LogP contribution in [0.15, 0.2) is 33.2 Å². The van der Waals surface area contributed by atoms with Crippen molar-refractivity contribution < 1.29 is 9.47 Å². The van der Waals surface area contributed by atoms with Crippen LogP contribution in [0.5, 0.6) is 11.5 Å². The molecule has 2 nitrogen and oxygen atoms in total. The van der Waals surface area contributed by atoms with Crippen LogP contribution in [0, 0.1) is 0 Å². The third-order valence-electron chi connectivity index (χ3n) is 6.11. The van der Waals surface area contributed by atoms with Crippen molar-refractivity contribution in [1.82, 2.24) is 0 Å². The van der Waals surface area contributed by atoms with E-state index in [1.165, 1.54) is 84.4 Å². The Hall–Kier alpha value is -0.780. The fourth-order valence-electron chi connectivity index (χ4n) is 4.19. The van der Waals surface area contributed by atoms with Crippen molar-refractivity contribution >= 4 is 63.4 Å². The van der Waals surface area contributed by atoms with Crippen LogP contribution in [-0.2, 0) is 0 Å². The van der Waals surface area contributed by atoms with Gasteiger partial charge in [-0.2, -0.15) is 0 Å². The first-order valence-electron chi connectivity index (χ1n) is 12.8. The van der Waals surface area contributed by atoms with Crippen molar-refractivity contribution in [2.75, 3.05) is 13.2 Å². The summed E-state index contributed by atoms with van der Waals surface area (Å²) in [5.74, 6) is 1.92. The number of thiophene rings is 1. The van der Waals surface area contributed by atoms with E-state index in [4.69, 9.17) is 9.47 Å². The van der Waals surface area contributed by atoms with Gasteiger partial charge in [0.1, 0.15) is 11.5 Å². The first kappa shape index (κ1) is 26.8. The monoisotopic (exact) mass is 596 g/mol. The van der Waals surface area contributed by atoms with Gasteiger partial charge in [0.05, 0.1) is 22.4 Å². The molecule has 0 bridgehead atoms. The molecule has 3 rings (SSSR count). The lowest BCUT2D eigenvalue weighted by molar-refractivity contribution is 0.303. The molecule has 1 heterocycles. The molecule has 0 aliphatic carbocycles. The zero-order valence-electron chi connectivity index (χ0n) is 20.2. The molecule has 0 fully saturated rings. The smallest absolute Gasteiger partial charge is 0.137 e. The summed E-state index contributed by atoms with van der Waals surface area (Å²) in [6, 6.07) is 8.59. The van der Waals surface area contributed by atoms with E-state index in [0.29, 0.717) is 0 Å². The third-order valence-corrected chi connectivity index (χ3v) is 9.39. The van der Waals surface area contributed by atoms with Gasteiger partial charge in [-0.25, -0.2) is 0 Å². The van der Waals surface area contributed by atoms with Gasteiger partial charge in [-0.15, -0.1) is 11.3 Å². The van der Waals surface area contributed by atoms with Gasteiger partial charge in [-0.05, 0) is 56.8 Å². The van der Waals surface area contributed by atoms with Crippen LogP contribution in [0.2, 0.25) is 0 Å². The van der Waals surface area contributed by atoms with Crippen molar-refractivity contribution in [3.8, 4) is 11.5 Å². The number of unbranched alkanes of at least 4 members (excludes halogenated alkanes) is 10. The molecule has 3 aromatic rings. The summed E-state index contributed by atoms with van der Waals surface area (Å²) in [4.78, 5) is 0. The molecule has 0 aliphatic heterocycles. The highest BCUT2D eigenvalue weighted by atomic mass is 79.9. The van der Waals surface area contributed by atoms with Gasteiger partial charge in [0.25, 0.3) is 0 Å². The van der Waals surface area contributed by atoms with Crippen molar-refractivity contribution in [3.05, 3.63) is 33.2 Å². The molecule has 182 valence electrons. The fourth-order valence-corrected chi connectivity index (χ4v) is 6.58. The summed E-state index contributed by atoms with van der Waals surface area (Å²) >= 11 is 9.41. The van der Waals surface area contributed by atoms with E-state index in [0.717, 1.165) is 46.5 Å². The summed E-state index contributed by atoms with van der Waals surface area (Å²) in [5, 5.41) is 2.48. The zero-order valence-corrected chi connectivity index (χ0v) is 24.2. The maximum absolute atomic E-state index is 6.23. The summed E-state index contributed by atoms with van der Waals surface area (Å²) < 4.78 is 16.9. The lowest BCUT2D eigenvalue weighted by Crippen LogP contribution is -1.98. The first-order valence-corrected chi connectivity index (χ1v) is 15.2. The average molecular weight is 598 g/mol. The normalized spacial score (nSPS) is 11.5. The van der Waals surface area contributed by atoms with Gasteiger partial charge in [-0.3, -0.25) is 0 Å². The minimum absolute atomic E-state index is 0.764. The number of ether oxygens (including phenoxy) is 2. The van der Waals surface area contributed by atoms with E-state index in [1.807, 2.05) is 0 Å². The van der Waals surface area contributed by atoms with Crippen molar-refractivity contribution in [3.63, 3.8) is 0 Å². The van der Waals surface area contributed by atoms with E-state index >= 15 is 0 Å². The molecule has 2 aromatic carbocycles. The van der Waals surface area contributed by atoms with E-state index < -0.39 is 0 Å². The van der Waals surface area contributed by atoms with E-state index in [1.54, 1.807) is 11.3 Å². The number of rotatable bonds is 16. The average Bonchev–Trinajstić information content (AvgIpc) is 3.20. The molecule has 0 spiro atoms. The Labute approximate surface area is 220 Å².